The number of ether oxygens (including phenoxy) is 2. The molecule has 0 aliphatic rings. The van der Waals surface area contributed by atoms with Gasteiger partial charge in [-0.05, 0) is 61.5 Å². The van der Waals surface area contributed by atoms with Crippen LogP contribution in [-0.2, 0) is 0 Å². The van der Waals surface area contributed by atoms with E-state index in [0.717, 1.165) is 5.75 Å². The van der Waals surface area contributed by atoms with E-state index in [1.54, 1.807) is 24.3 Å². The Kier molecular flexibility index (Phi) is 5.34. The van der Waals surface area contributed by atoms with E-state index in [2.05, 4.69) is 10.3 Å². The molecule has 3 rings (SSSR count). The Labute approximate surface area is 150 Å². The van der Waals surface area contributed by atoms with Crippen molar-refractivity contribution in [2.24, 2.45) is 0 Å². The maximum atomic E-state index is 12.1. The van der Waals surface area contributed by atoms with Gasteiger partial charge in [0, 0.05) is 18.0 Å². The minimum atomic E-state index is -0.304. The van der Waals surface area contributed by atoms with Gasteiger partial charge in [0.15, 0.2) is 0 Å². The van der Waals surface area contributed by atoms with Gasteiger partial charge in [-0.3, -0.25) is 9.59 Å². The molecule has 0 fully saturated rings. The highest BCUT2D eigenvalue weighted by atomic mass is 16.5. The number of pyridine rings is 1. The Morgan fingerprint density at radius 3 is 2.12 bits per heavy atom. The van der Waals surface area contributed by atoms with Crippen LogP contribution in [0.4, 0.5) is 5.69 Å². The van der Waals surface area contributed by atoms with Crippen molar-refractivity contribution < 1.29 is 14.3 Å². The number of nitrogens with one attached hydrogen (secondary N) is 2. The summed E-state index contributed by atoms with van der Waals surface area (Å²) in [4.78, 5) is 25.6. The summed E-state index contributed by atoms with van der Waals surface area (Å²) < 4.78 is 11.2. The highest BCUT2D eigenvalue weighted by Crippen LogP contribution is 2.25. The van der Waals surface area contributed by atoms with Gasteiger partial charge >= 0.3 is 0 Å². The van der Waals surface area contributed by atoms with Crippen molar-refractivity contribution in [1.29, 1.82) is 0 Å². The Hall–Kier alpha value is -3.54. The first-order chi connectivity index (χ1) is 12.6. The summed E-state index contributed by atoms with van der Waals surface area (Å²) in [5.41, 5.74) is 0.747. The van der Waals surface area contributed by atoms with Gasteiger partial charge in [0.05, 0.1) is 12.2 Å². The van der Waals surface area contributed by atoms with Crippen LogP contribution in [0.1, 0.15) is 17.3 Å². The van der Waals surface area contributed by atoms with E-state index in [4.69, 9.17) is 9.47 Å². The van der Waals surface area contributed by atoms with E-state index >= 15 is 0 Å². The summed E-state index contributed by atoms with van der Waals surface area (Å²) in [6.07, 6.45) is 1.38. The standard InChI is InChI=1S/C20H18N2O4/c1-2-25-16-8-10-18(11-9-16)26-17-6-4-15(5-7-17)22-20(24)14-3-12-19(23)21-13-14/h3-13H,2H2,1H3,(H,21,23)(H,22,24). The smallest absolute Gasteiger partial charge is 0.257 e. The summed E-state index contributed by atoms with van der Waals surface area (Å²) in [5.74, 6) is 1.83. The number of hydrogen-bond acceptors (Lipinski definition) is 4. The van der Waals surface area contributed by atoms with E-state index in [0.29, 0.717) is 29.4 Å². The molecule has 0 unspecified atom stereocenters. The lowest BCUT2D eigenvalue weighted by Crippen LogP contribution is -2.14. The number of rotatable bonds is 6. The monoisotopic (exact) mass is 350 g/mol. The van der Waals surface area contributed by atoms with Crippen molar-refractivity contribution in [2.45, 2.75) is 6.92 Å². The van der Waals surface area contributed by atoms with E-state index < -0.39 is 0 Å². The first-order valence-corrected chi connectivity index (χ1v) is 8.15. The highest BCUT2D eigenvalue weighted by molar-refractivity contribution is 6.04. The third-order valence-corrected chi connectivity index (χ3v) is 3.53. The second-order valence-corrected chi connectivity index (χ2v) is 5.43. The van der Waals surface area contributed by atoms with Crippen LogP contribution >= 0.6 is 0 Å². The molecule has 0 radical (unpaired) electrons. The number of carbonyl (C=O) groups is 1. The van der Waals surface area contributed by atoms with Crippen LogP contribution in [0.15, 0.2) is 71.7 Å². The third kappa shape index (κ3) is 4.51. The number of benzene rings is 2. The number of carbonyl (C=O) groups excluding carboxylic acids is 1. The molecule has 6 heteroatoms. The van der Waals surface area contributed by atoms with Gasteiger partial charge in [0.2, 0.25) is 5.56 Å². The van der Waals surface area contributed by atoms with Gasteiger partial charge in [-0.15, -0.1) is 0 Å². The highest BCUT2D eigenvalue weighted by Gasteiger charge is 2.06. The Balaban J connectivity index is 1.61. The van der Waals surface area contributed by atoms with Crippen molar-refractivity contribution in [3.05, 3.63) is 82.8 Å². The van der Waals surface area contributed by atoms with Crippen LogP contribution in [0.3, 0.4) is 0 Å². The van der Waals surface area contributed by atoms with Crippen LogP contribution in [-0.4, -0.2) is 17.5 Å². The minimum Gasteiger partial charge on any atom is -0.494 e. The van der Waals surface area contributed by atoms with Gasteiger partial charge in [-0.25, -0.2) is 0 Å². The zero-order valence-electron chi connectivity index (χ0n) is 14.2. The fourth-order valence-corrected chi connectivity index (χ4v) is 2.27. The van der Waals surface area contributed by atoms with Crippen LogP contribution in [0.2, 0.25) is 0 Å². The summed E-state index contributed by atoms with van der Waals surface area (Å²) in [5, 5.41) is 2.76. The number of aromatic amines is 1. The lowest BCUT2D eigenvalue weighted by atomic mass is 10.2. The molecule has 0 saturated heterocycles. The van der Waals surface area contributed by atoms with E-state index in [1.807, 2.05) is 31.2 Å². The quantitative estimate of drug-likeness (QED) is 0.708. The number of hydrogen-bond donors (Lipinski definition) is 2. The molecule has 26 heavy (non-hydrogen) atoms. The molecule has 0 atom stereocenters. The summed E-state index contributed by atoms with van der Waals surface area (Å²) in [6.45, 7) is 2.55. The van der Waals surface area contributed by atoms with Gasteiger partial charge in [-0.1, -0.05) is 0 Å². The first-order valence-electron chi connectivity index (χ1n) is 8.15. The molecule has 0 bridgehead atoms. The molecule has 2 N–H and O–H groups in total. The summed E-state index contributed by atoms with van der Waals surface area (Å²) >= 11 is 0. The van der Waals surface area contributed by atoms with E-state index in [9.17, 15) is 9.59 Å². The van der Waals surface area contributed by atoms with Gasteiger partial charge in [0.25, 0.3) is 5.91 Å². The fourth-order valence-electron chi connectivity index (χ4n) is 2.27. The average molecular weight is 350 g/mol. The Morgan fingerprint density at radius 2 is 1.54 bits per heavy atom. The number of amides is 1. The maximum Gasteiger partial charge on any atom is 0.257 e. The lowest BCUT2D eigenvalue weighted by Gasteiger charge is -2.09. The predicted octanol–water partition coefficient (Wildman–Crippen LogP) is 3.82. The van der Waals surface area contributed by atoms with Gasteiger partial charge in [0.1, 0.15) is 17.2 Å². The second-order valence-electron chi connectivity index (χ2n) is 5.43. The average Bonchev–Trinajstić information content (AvgIpc) is 2.66. The second kappa shape index (κ2) is 8.02. The molecule has 1 heterocycles. The molecule has 3 aromatic rings. The number of H-pyrrole nitrogens is 1. The molecule has 0 spiro atoms. The topological polar surface area (TPSA) is 80.4 Å². The molecule has 0 aliphatic carbocycles. The normalized spacial score (nSPS) is 10.2. The van der Waals surface area contributed by atoms with Crippen LogP contribution in [0, 0.1) is 0 Å². The zero-order valence-corrected chi connectivity index (χ0v) is 14.2. The molecule has 6 nitrogen and oxygen atoms in total. The molecule has 132 valence electrons. The molecular formula is C20H18N2O4. The zero-order chi connectivity index (χ0) is 18.4. The predicted molar refractivity (Wildman–Crippen MR) is 99.1 cm³/mol. The molecular weight excluding hydrogens is 332 g/mol. The minimum absolute atomic E-state index is 0.252. The fraction of sp³-hybridized carbons (Fsp3) is 0.100. The Morgan fingerprint density at radius 1 is 0.923 bits per heavy atom. The third-order valence-electron chi connectivity index (χ3n) is 3.53. The lowest BCUT2D eigenvalue weighted by molar-refractivity contribution is 0.102. The molecule has 1 aromatic heterocycles. The van der Waals surface area contributed by atoms with E-state index in [1.165, 1.54) is 18.3 Å². The largest absolute Gasteiger partial charge is 0.494 e. The Bertz CT molecular complexity index is 911. The summed E-state index contributed by atoms with van der Waals surface area (Å²) in [7, 11) is 0. The van der Waals surface area contributed by atoms with E-state index in [-0.39, 0.29) is 11.5 Å². The SMILES string of the molecule is CCOc1ccc(Oc2ccc(NC(=O)c3ccc(=O)[nH]c3)cc2)cc1. The van der Waals surface area contributed by atoms with Crippen molar-refractivity contribution in [3.8, 4) is 17.2 Å². The van der Waals surface area contributed by atoms with Gasteiger partial charge < -0.3 is 19.8 Å². The molecule has 0 aliphatic heterocycles. The van der Waals surface area contributed by atoms with Crippen molar-refractivity contribution in [1.82, 2.24) is 4.98 Å². The molecule has 0 saturated carbocycles. The molecule has 1 amide bonds. The maximum absolute atomic E-state index is 12.1. The van der Waals surface area contributed by atoms with Gasteiger partial charge in [-0.2, -0.15) is 0 Å². The van der Waals surface area contributed by atoms with Crippen molar-refractivity contribution >= 4 is 11.6 Å². The number of aromatic nitrogens is 1. The summed E-state index contributed by atoms with van der Waals surface area (Å²) in [6, 6.07) is 17.1. The van der Waals surface area contributed by atoms with Crippen LogP contribution in [0.25, 0.3) is 0 Å². The molecule has 2 aromatic carbocycles. The number of anilines is 1. The van der Waals surface area contributed by atoms with Crippen molar-refractivity contribution in [3.63, 3.8) is 0 Å². The van der Waals surface area contributed by atoms with Crippen LogP contribution < -0.4 is 20.3 Å². The van der Waals surface area contributed by atoms with Crippen molar-refractivity contribution in [2.75, 3.05) is 11.9 Å². The van der Waals surface area contributed by atoms with Crippen LogP contribution in [0.5, 0.6) is 17.2 Å². The first kappa shape index (κ1) is 17.3.